The van der Waals surface area contributed by atoms with E-state index in [1.54, 1.807) is 9.80 Å². The minimum absolute atomic E-state index is 0.0498. The van der Waals surface area contributed by atoms with Crippen LogP contribution in [0.5, 0.6) is 5.75 Å². The van der Waals surface area contributed by atoms with Crippen molar-refractivity contribution in [3.05, 3.63) is 28.8 Å². The first-order valence-electron chi connectivity index (χ1n) is 9.19. The van der Waals surface area contributed by atoms with Crippen molar-refractivity contribution >= 4 is 23.5 Å². The van der Waals surface area contributed by atoms with E-state index in [9.17, 15) is 22.8 Å². The summed E-state index contributed by atoms with van der Waals surface area (Å²) in [7, 11) is 0. The van der Waals surface area contributed by atoms with Crippen molar-refractivity contribution in [1.29, 1.82) is 0 Å². The number of ether oxygens (including phenoxy) is 2. The molecule has 11 heteroatoms. The predicted molar refractivity (Wildman–Crippen MR) is 95.7 cm³/mol. The van der Waals surface area contributed by atoms with Crippen LogP contribution in [0.15, 0.2) is 18.2 Å². The van der Waals surface area contributed by atoms with Gasteiger partial charge in [-0.2, -0.15) is 13.2 Å². The number of halogens is 4. The quantitative estimate of drug-likeness (QED) is 0.775. The molecular formula is C18H19ClF3N3O4. The maximum Gasteiger partial charge on any atom is 0.417 e. The van der Waals surface area contributed by atoms with Gasteiger partial charge in [0.1, 0.15) is 18.5 Å². The fraction of sp³-hybridized carbons (Fsp3) is 0.556. The Morgan fingerprint density at radius 1 is 1.24 bits per heavy atom. The molecule has 0 saturated carbocycles. The SMILES string of the molecule is O=C1CO[C@H]2CCN(C(=O)N3CC(Oc4ccc(C(F)(F)F)c(Cl)c4)C3)C[C@H]2N1. The summed E-state index contributed by atoms with van der Waals surface area (Å²) in [6, 6.07) is 2.86. The Labute approximate surface area is 169 Å². The topological polar surface area (TPSA) is 71.1 Å². The molecule has 4 rings (SSSR count). The summed E-state index contributed by atoms with van der Waals surface area (Å²) in [5, 5.41) is 2.42. The molecule has 0 aromatic heterocycles. The molecule has 0 spiro atoms. The Bertz CT molecular complexity index is 816. The van der Waals surface area contributed by atoms with Crippen molar-refractivity contribution in [2.45, 2.75) is 30.8 Å². The van der Waals surface area contributed by atoms with E-state index >= 15 is 0 Å². The van der Waals surface area contributed by atoms with Crippen LogP contribution in [0.25, 0.3) is 0 Å². The minimum Gasteiger partial charge on any atom is -0.487 e. The maximum atomic E-state index is 12.8. The van der Waals surface area contributed by atoms with Crippen molar-refractivity contribution in [2.24, 2.45) is 0 Å². The molecular weight excluding hydrogens is 415 g/mol. The second kappa shape index (κ2) is 7.56. The fourth-order valence-electron chi connectivity index (χ4n) is 3.73. The van der Waals surface area contributed by atoms with Crippen molar-refractivity contribution in [3.63, 3.8) is 0 Å². The molecule has 3 aliphatic heterocycles. The largest absolute Gasteiger partial charge is 0.487 e. The highest BCUT2D eigenvalue weighted by Gasteiger charge is 2.40. The first-order chi connectivity index (χ1) is 13.7. The van der Waals surface area contributed by atoms with Gasteiger partial charge in [-0.15, -0.1) is 0 Å². The molecule has 2 atom stereocenters. The number of carbonyl (C=O) groups is 2. The summed E-state index contributed by atoms with van der Waals surface area (Å²) >= 11 is 5.69. The standard InChI is InChI=1S/C18H19ClF3N3O4/c19-13-5-10(1-2-12(13)18(20,21)22)29-11-6-25(7-11)17(27)24-4-3-15-14(8-24)23-16(26)9-28-15/h1-2,5,11,14-15H,3-4,6-9H2,(H,23,26)/t14-,15+/m1/s1. The first kappa shape index (κ1) is 20.1. The number of hydrogen-bond acceptors (Lipinski definition) is 4. The van der Waals surface area contributed by atoms with Gasteiger partial charge in [-0.05, 0) is 24.6 Å². The van der Waals surface area contributed by atoms with Crippen LogP contribution in [-0.2, 0) is 15.7 Å². The number of piperidine rings is 1. The molecule has 0 radical (unpaired) electrons. The van der Waals surface area contributed by atoms with Gasteiger partial charge in [0, 0.05) is 13.1 Å². The number of carbonyl (C=O) groups excluding carboxylic acids is 2. The second-order valence-corrected chi connectivity index (χ2v) is 7.73. The van der Waals surface area contributed by atoms with E-state index in [1.165, 1.54) is 6.07 Å². The van der Waals surface area contributed by atoms with Crippen LogP contribution < -0.4 is 10.1 Å². The number of nitrogens with zero attached hydrogens (tertiary/aromatic N) is 2. The number of likely N-dealkylation sites (tertiary alicyclic amines) is 2. The van der Waals surface area contributed by atoms with Gasteiger partial charge in [0.05, 0.1) is 35.8 Å². The fourth-order valence-corrected chi connectivity index (χ4v) is 4.01. The lowest BCUT2D eigenvalue weighted by Gasteiger charge is -2.45. The van der Waals surface area contributed by atoms with Crippen molar-refractivity contribution < 1.29 is 32.2 Å². The lowest BCUT2D eigenvalue weighted by Crippen LogP contribution is -2.65. The van der Waals surface area contributed by atoms with Crippen LogP contribution in [0.2, 0.25) is 5.02 Å². The first-order valence-corrected chi connectivity index (χ1v) is 9.57. The molecule has 1 N–H and O–H groups in total. The Morgan fingerprint density at radius 2 is 2.00 bits per heavy atom. The van der Waals surface area contributed by atoms with E-state index in [2.05, 4.69) is 5.32 Å². The van der Waals surface area contributed by atoms with E-state index in [1.807, 2.05) is 0 Å². The van der Waals surface area contributed by atoms with Gasteiger partial charge in [-0.3, -0.25) is 4.79 Å². The molecule has 3 amide bonds. The molecule has 3 saturated heterocycles. The number of urea groups is 1. The Morgan fingerprint density at radius 3 is 2.69 bits per heavy atom. The molecule has 1 aromatic rings. The molecule has 3 aliphatic rings. The van der Waals surface area contributed by atoms with Crippen LogP contribution in [0.4, 0.5) is 18.0 Å². The second-order valence-electron chi connectivity index (χ2n) is 7.32. The monoisotopic (exact) mass is 433 g/mol. The smallest absolute Gasteiger partial charge is 0.417 e. The summed E-state index contributed by atoms with van der Waals surface area (Å²) in [4.78, 5) is 27.4. The zero-order valence-corrected chi connectivity index (χ0v) is 16.0. The van der Waals surface area contributed by atoms with Crippen molar-refractivity contribution in [3.8, 4) is 5.75 Å². The van der Waals surface area contributed by atoms with Crippen LogP contribution in [-0.4, -0.2) is 72.8 Å². The van der Waals surface area contributed by atoms with E-state index in [0.717, 1.165) is 12.1 Å². The Kier molecular flexibility index (Phi) is 5.24. The van der Waals surface area contributed by atoms with Gasteiger partial charge in [-0.1, -0.05) is 11.6 Å². The zero-order chi connectivity index (χ0) is 20.8. The summed E-state index contributed by atoms with van der Waals surface area (Å²) in [6.07, 6.45) is -4.27. The number of alkyl halides is 3. The number of morpholine rings is 1. The van der Waals surface area contributed by atoms with E-state index in [4.69, 9.17) is 21.1 Å². The lowest BCUT2D eigenvalue weighted by molar-refractivity contribution is -0.140. The highest BCUT2D eigenvalue weighted by atomic mass is 35.5. The van der Waals surface area contributed by atoms with Gasteiger partial charge >= 0.3 is 12.2 Å². The van der Waals surface area contributed by atoms with Crippen LogP contribution in [0.3, 0.4) is 0 Å². The summed E-state index contributed by atoms with van der Waals surface area (Å²) in [6.45, 7) is 1.61. The van der Waals surface area contributed by atoms with Gasteiger partial charge < -0.3 is 24.6 Å². The predicted octanol–water partition coefficient (Wildman–Crippen LogP) is 2.13. The third-order valence-electron chi connectivity index (χ3n) is 5.26. The van der Waals surface area contributed by atoms with E-state index in [0.29, 0.717) is 32.6 Å². The number of hydrogen-bond donors (Lipinski definition) is 1. The van der Waals surface area contributed by atoms with Crippen LogP contribution in [0.1, 0.15) is 12.0 Å². The molecule has 3 heterocycles. The number of rotatable bonds is 2. The van der Waals surface area contributed by atoms with Gasteiger partial charge in [-0.25, -0.2) is 4.79 Å². The molecule has 29 heavy (non-hydrogen) atoms. The molecule has 7 nitrogen and oxygen atoms in total. The maximum absolute atomic E-state index is 12.8. The Balaban J connectivity index is 1.28. The normalized spacial score (nSPS) is 25.2. The van der Waals surface area contributed by atoms with Crippen LogP contribution in [0, 0.1) is 0 Å². The van der Waals surface area contributed by atoms with Crippen molar-refractivity contribution in [2.75, 3.05) is 32.8 Å². The molecule has 0 unspecified atom stereocenters. The number of benzene rings is 1. The van der Waals surface area contributed by atoms with Gasteiger partial charge in [0.15, 0.2) is 0 Å². The molecule has 1 aromatic carbocycles. The molecule has 158 valence electrons. The Hall–Kier alpha value is -2.20. The average Bonchev–Trinajstić information content (AvgIpc) is 2.62. The molecule has 0 bridgehead atoms. The average molecular weight is 434 g/mol. The van der Waals surface area contributed by atoms with E-state index in [-0.39, 0.29) is 42.5 Å². The molecule has 0 aliphatic carbocycles. The molecule has 3 fully saturated rings. The summed E-state index contributed by atoms with van der Waals surface area (Å²) < 4.78 is 49.4. The number of amides is 3. The third kappa shape index (κ3) is 4.23. The van der Waals surface area contributed by atoms with Gasteiger partial charge in [0.2, 0.25) is 5.91 Å². The lowest BCUT2D eigenvalue weighted by atomic mass is 10.0. The highest BCUT2D eigenvalue weighted by Crippen LogP contribution is 2.36. The number of nitrogens with one attached hydrogen (secondary N) is 1. The minimum atomic E-state index is -4.52. The van der Waals surface area contributed by atoms with Crippen LogP contribution >= 0.6 is 11.6 Å². The van der Waals surface area contributed by atoms with E-state index < -0.39 is 16.8 Å². The highest BCUT2D eigenvalue weighted by molar-refractivity contribution is 6.31. The number of fused-ring (bicyclic) bond motifs is 1. The zero-order valence-electron chi connectivity index (χ0n) is 15.2. The van der Waals surface area contributed by atoms with Gasteiger partial charge in [0.25, 0.3) is 0 Å². The third-order valence-corrected chi connectivity index (χ3v) is 5.57. The summed E-state index contributed by atoms with van der Waals surface area (Å²) in [5.74, 6) is 0.0381. The van der Waals surface area contributed by atoms with Crippen molar-refractivity contribution in [1.82, 2.24) is 15.1 Å². The summed E-state index contributed by atoms with van der Waals surface area (Å²) in [5.41, 5.74) is -0.917.